The molecule has 0 bridgehead atoms. The molecule has 1 aromatic carbocycles. The zero-order chi connectivity index (χ0) is 22.0. The minimum atomic E-state index is -0.253. The highest BCUT2D eigenvalue weighted by molar-refractivity contribution is 7.99. The van der Waals surface area contributed by atoms with Crippen LogP contribution in [-0.2, 0) is 6.54 Å². The van der Waals surface area contributed by atoms with Crippen LogP contribution in [0.2, 0.25) is 0 Å². The number of hydrogen-bond acceptors (Lipinski definition) is 8. The Bertz CT molecular complexity index is 1040. The normalized spacial score (nSPS) is 19.0. The summed E-state index contributed by atoms with van der Waals surface area (Å²) in [6.07, 6.45) is 2.82. The van der Waals surface area contributed by atoms with Gasteiger partial charge in [0.05, 0.1) is 24.1 Å². The van der Waals surface area contributed by atoms with Gasteiger partial charge in [-0.05, 0) is 42.5 Å². The number of carbonyl (C=O) groups excluding carboxylic acids is 1. The van der Waals surface area contributed by atoms with E-state index in [0.717, 1.165) is 30.9 Å². The number of nitrogens with zero attached hydrogens (tertiary/aromatic N) is 4. The summed E-state index contributed by atoms with van der Waals surface area (Å²) >= 11 is 1.27. The molecule has 2 atom stereocenters. The van der Waals surface area contributed by atoms with Crippen molar-refractivity contribution in [1.29, 1.82) is 0 Å². The molecular weight excluding hydrogens is 416 g/mol. The molecule has 0 unspecified atom stereocenters. The molecule has 0 amide bonds. The van der Waals surface area contributed by atoms with Crippen LogP contribution in [0.4, 0.5) is 5.95 Å². The number of Topliss-reactive ketones (excluding diaryl/α,β-unsaturated/α-hetero) is 1. The zero-order valence-electron chi connectivity index (χ0n) is 17.6. The molecule has 2 N–H and O–H groups in total. The number of aromatic hydroxyl groups is 2. The van der Waals surface area contributed by atoms with Crippen LogP contribution in [0.25, 0.3) is 0 Å². The number of ketones is 1. The Balaban J connectivity index is 1.56. The Morgan fingerprint density at radius 2 is 1.97 bits per heavy atom. The molecule has 0 spiro atoms. The molecule has 0 radical (unpaired) electrons. The van der Waals surface area contributed by atoms with Gasteiger partial charge in [-0.3, -0.25) is 9.36 Å². The van der Waals surface area contributed by atoms with Gasteiger partial charge in [-0.15, -0.1) is 10.2 Å². The van der Waals surface area contributed by atoms with E-state index in [2.05, 4.69) is 28.9 Å². The van der Waals surface area contributed by atoms with Crippen molar-refractivity contribution < 1.29 is 19.4 Å². The van der Waals surface area contributed by atoms with Crippen molar-refractivity contribution in [2.75, 3.05) is 23.7 Å². The number of phenols is 2. The quantitative estimate of drug-likeness (QED) is 0.421. The molecule has 8 nitrogen and oxygen atoms in total. The second-order valence-corrected chi connectivity index (χ2v) is 9.15. The van der Waals surface area contributed by atoms with Gasteiger partial charge in [-0.1, -0.05) is 25.6 Å². The Morgan fingerprint density at radius 3 is 2.65 bits per heavy atom. The fourth-order valence-corrected chi connectivity index (χ4v) is 4.92. The van der Waals surface area contributed by atoms with Crippen molar-refractivity contribution in [3.05, 3.63) is 47.9 Å². The molecule has 3 heterocycles. The first-order chi connectivity index (χ1) is 14.9. The largest absolute Gasteiger partial charge is 0.508 e. The Kier molecular flexibility index (Phi) is 6.22. The molecular formula is C22H26N4O4S. The minimum Gasteiger partial charge on any atom is -0.508 e. The second kappa shape index (κ2) is 9.05. The van der Waals surface area contributed by atoms with Crippen LogP contribution in [-0.4, -0.2) is 49.6 Å². The second-order valence-electron chi connectivity index (χ2n) is 8.21. The Morgan fingerprint density at radius 1 is 1.19 bits per heavy atom. The molecule has 4 rings (SSSR count). The Labute approximate surface area is 184 Å². The third-order valence-corrected chi connectivity index (χ3v) is 6.32. The lowest BCUT2D eigenvalue weighted by atomic mass is 9.92. The molecule has 1 aliphatic rings. The topological polar surface area (TPSA) is 105 Å². The number of furan rings is 1. The first kappa shape index (κ1) is 21.3. The van der Waals surface area contributed by atoms with E-state index < -0.39 is 0 Å². The lowest BCUT2D eigenvalue weighted by molar-refractivity contribution is 0.102. The van der Waals surface area contributed by atoms with Crippen LogP contribution < -0.4 is 4.90 Å². The van der Waals surface area contributed by atoms with Crippen molar-refractivity contribution in [2.24, 2.45) is 11.8 Å². The summed E-state index contributed by atoms with van der Waals surface area (Å²) in [5.74, 6) is 2.19. The smallest absolute Gasteiger partial charge is 0.228 e. The van der Waals surface area contributed by atoms with E-state index in [1.807, 2.05) is 16.7 Å². The van der Waals surface area contributed by atoms with E-state index in [9.17, 15) is 15.0 Å². The zero-order valence-corrected chi connectivity index (χ0v) is 18.4. The van der Waals surface area contributed by atoms with Gasteiger partial charge < -0.3 is 19.5 Å². The summed E-state index contributed by atoms with van der Waals surface area (Å²) in [4.78, 5) is 14.9. The number of aromatic nitrogens is 3. The monoisotopic (exact) mass is 442 g/mol. The summed E-state index contributed by atoms with van der Waals surface area (Å²) in [5.41, 5.74) is 0.168. The van der Waals surface area contributed by atoms with Crippen molar-refractivity contribution in [2.45, 2.75) is 32.0 Å². The van der Waals surface area contributed by atoms with Gasteiger partial charge in [0.15, 0.2) is 10.9 Å². The highest BCUT2D eigenvalue weighted by Gasteiger charge is 2.27. The average Bonchev–Trinajstić information content (AvgIpc) is 3.36. The van der Waals surface area contributed by atoms with Gasteiger partial charge in [-0.2, -0.15) is 0 Å². The highest BCUT2D eigenvalue weighted by Crippen LogP contribution is 2.30. The average molecular weight is 443 g/mol. The van der Waals surface area contributed by atoms with Gasteiger partial charge >= 0.3 is 0 Å². The molecule has 0 aliphatic carbocycles. The Hall–Kier alpha value is -2.94. The van der Waals surface area contributed by atoms with Crippen LogP contribution in [0.1, 0.15) is 36.4 Å². The number of anilines is 1. The van der Waals surface area contributed by atoms with E-state index in [-0.39, 0.29) is 28.6 Å². The van der Waals surface area contributed by atoms with Crippen molar-refractivity contribution in [3.8, 4) is 11.5 Å². The fraction of sp³-hybridized carbons (Fsp3) is 0.409. The summed E-state index contributed by atoms with van der Waals surface area (Å²) in [6, 6.07) is 7.71. The third kappa shape index (κ3) is 4.87. The van der Waals surface area contributed by atoms with Gasteiger partial charge in [0.2, 0.25) is 5.95 Å². The van der Waals surface area contributed by atoms with E-state index in [1.165, 1.54) is 30.3 Å². The summed E-state index contributed by atoms with van der Waals surface area (Å²) in [5, 5.41) is 28.8. The van der Waals surface area contributed by atoms with Crippen LogP contribution in [0.5, 0.6) is 11.5 Å². The van der Waals surface area contributed by atoms with Gasteiger partial charge in [0.1, 0.15) is 17.3 Å². The highest BCUT2D eigenvalue weighted by atomic mass is 32.2. The number of benzene rings is 1. The maximum atomic E-state index is 12.6. The lowest BCUT2D eigenvalue weighted by Gasteiger charge is -2.35. The molecule has 31 heavy (non-hydrogen) atoms. The molecule has 3 aromatic rings. The first-order valence-electron chi connectivity index (χ1n) is 10.3. The van der Waals surface area contributed by atoms with Gasteiger partial charge in [-0.25, -0.2) is 0 Å². The molecule has 164 valence electrons. The third-order valence-electron chi connectivity index (χ3n) is 5.36. The van der Waals surface area contributed by atoms with Crippen LogP contribution >= 0.6 is 11.8 Å². The molecule has 1 fully saturated rings. The molecule has 1 saturated heterocycles. The van der Waals surface area contributed by atoms with Gasteiger partial charge in [0.25, 0.3) is 0 Å². The van der Waals surface area contributed by atoms with E-state index in [0.29, 0.717) is 23.5 Å². The van der Waals surface area contributed by atoms with E-state index in [4.69, 9.17) is 4.42 Å². The van der Waals surface area contributed by atoms with Crippen molar-refractivity contribution >= 4 is 23.5 Å². The lowest BCUT2D eigenvalue weighted by Crippen LogP contribution is -2.40. The van der Waals surface area contributed by atoms with Crippen LogP contribution in [0.3, 0.4) is 0 Å². The maximum absolute atomic E-state index is 12.6. The van der Waals surface area contributed by atoms with Crippen LogP contribution in [0.15, 0.2) is 46.2 Å². The van der Waals surface area contributed by atoms with Crippen molar-refractivity contribution in [1.82, 2.24) is 14.8 Å². The molecule has 2 aromatic heterocycles. The number of phenolic OH excluding ortho intramolecular Hbond substituents is 2. The summed E-state index contributed by atoms with van der Waals surface area (Å²) in [7, 11) is 0. The number of thioether (sulfide) groups is 1. The number of hydrogen-bond donors (Lipinski definition) is 2. The predicted molar refractivity (Wildman–Crippen MR) is 118 cm³/mol. The summed E-state index contributed by atoms with van der Waals surface area (Å²) < 4.78 is 7.52. The molecule has 0 saturated carbocycles. The SMILES string of the molecule is C[C@@H]1C[C@H](C)CN(c2nnc(SCC(=O)c3ccc(O)cc3O)n2Cc2ccco2)C1. The van der Waals surface area contributed by atoms with E-state index >= 15 is 0 Å². The first-order valence-corrected chi connectivity index (χ1v) is 11.3. The fourth-order valence-electron chi connectivity index (χ4n) is 4.11. The standard InChI is InChI=1S/C22H26N4O4S/c1-14-8-15(2)11-25(10-14)21-23-24-22(26(21)12-17-4-3-7-30-17)31-13-20(29)18-6-5-16(27)9-19(18)28/h3-7,9,14-15,27-28H,8,10-13H2,1-2H3/t14-,15+. The maximum Gasteiger partial charge on any atom is 0.228 e. The predicted octanol–water partition coefficient (Wildman–Crippen LogP) is 3.79. The molecule has 1 aliphatic heterocycles. The van der Waals surface area contributed by atoms with Gasteiger partial charge in [0, 0.05) is 19.2 Å². The summed E-state index contributed by atoms with van der Waals surface area (Å²) in [6.45, 7) is 6.77. The van der Waals surface area contributed by atoms with E-state index in [1.54, 1.807) is 6.26 Å². The number of piperidine rings is 1. The van der Waals surface area contributed by atoms with Crippen LogP contribution in [0, 0.1) is 11.8 Å². The number of rotatable bonds is 7. The van der Waals surface area contributed by atoms with Crippen molar-refractivity contribution in [3.63, 3.8) is 0 Å². The molecule has 9 heteroatoms. The number of carbonyl (C=O) groups is 1. The minimum absolute atomic E-state index is 0.0848.